The minimum Gasteiger partial charge on any atom is -0.383 e. The number of anilines is 1. The highest BCUT2D eigenvalue weighted by atomic mass is 35.5. The van der Waals surface area contributed by atoms with Crippen LogP contribution >= 0.6 is 12.4 Å². The van der Waals surface area contributed by atoms with Crippen molar-refractivity contribution in [1.29, 1.82) is 0 Å². The zero-order valence-corrected chi connectivity index (χ0v) is 12.6. The molecule has 0 aliphatic heterocycles. The summed E-state index contributed by atoms with van der Waals surface area (Å²) in [5.74, 6) is 0.333. The molecule has 1 aromatic carbocycles. The van der Waals surface area contributed by atoms with Gasteiger partial charge in [-0.15, -0.1) is 12.4 Å². The fourth-order valence-electron chi connectivity index (χ4n) is 1.72. The first-order valence-corrected chi connectivity index (χ1v) is 6.35. The minimum absolute atomic E-state index is 0. The van der Waals surface area contributed by atoms with Crippen molar-refractivity contribution >= 4 is 24.1 Å². The Hall–Kier alpha value is -1.89. The van der Waals surface area contributed by atoms with E-state index >= 15 is 0 Å². The zero-order chi connectivity index (χ0) is 14.4. The van der Waals surface area contributed by atoms with Gasteiger partial charge in [0.15, 0.2) is 5.82 Å². The van der Waals surface area contributed by atoms with Crippen LogP contribution in [0.3, 0.4) is 0 Å². The maximum Gasteiger partial charge on any atom is 0.256 e. The molecule has 0 saturated carbocycles. The number of aromatic nitrogens is 2. The number of hydrogen-bond acceptors (Lipinski definition) is 4. The summed E-state index contributed by atoms with van der Waals surface area (Å²) >= 11 is 0. The number of ether oxygens (including phenoxy) is 1. The van der Waals surface area contributed by atoms with Crippen molar-refractivity contribution in [3.05, 3.63) is 47.7 Å². The largest absolute Gasteiger partial charge is 0.383 e. The van der Waals surface area contributed by atoms with Gasteiger partial charge in [-0.3, -0.25) is 9.48 Å². The van der Waals surface area contributed by atoms with Crippen molar-refractivity contribution in [2.24, 2.45) is 5.73 Å². The number of nitrogens with two attached hydrogens (primary N) is 1. The molecule has 6 nitrogen and oxygen atoms in total. The summed E-state index contributed by atoms with van der Waals surface area (Å²) in [5.41, 5.74) is 7.09. The van der Waals surface area contributed by atoms with E-state index in [0.717, 1.165) is 5.56 Å². The number of benzene rings is 1. The van der Waals surface area contributed by atoms with E-state index in [1.807, 2.05) is 12.1 Å². The Balaban J connectivity index is 0.00000220. The molecule has 1 aromatic heterocycles. The van der Waals surface area contributed by atoms with E-state index in [0.29, 0.717) is 31.1 Å². The highest BCUT2D eigenvalue weighted by molar-refractivity contribution is 6.03. The molecule has 7 heteroatoms. The number of nitrogens with one attached hydrogen (secondary N) is 1. The molecule has 0 aliphatic rings. The number of methoxy groups -OCH3 is 1. The third kappa shape index (κ3) is 4.86. The maximum atomic E-state index is 12.0. The highest BCUT2D eigenvalue weighted by Crippen LogP contribution is 2.08. The molecular formula is C14H19ClN4O2. The molecule has 0 fully saturated rings. The topological polar surface area (TPSA) is 82.2 Å². The Morgan fingerprint density at radius 2 is 2.05 bits per heavy atom. The lowest BCUT2D eigenvalue weighted by atomic mass is 10.1. The third-order valence-electron chi connectivity index (χ3n) is 2.86. The van der Waals surface area contributed by atoms with Gasteiger partial charge in [-0.1, -0.05) is 12.1 Å². The first-order chi connectivity index (χ1) is 9.72. The fraction of sp³-hybridized carbons (Fsp3) is 0.286. The summed E-state index contributed by atoms with van der Waals surface area (Å²) in [7, 11) is 1.64. The first-order valence-electron chi connectivity index (χ1n) is 6.35. The van der Waals surface area contributed by atoms with Crippen LogP contribution in [0.15, 0.2) is 36.5 Å². The van der Waals surface area contributed by atoms with Gasteiger partial charge in [0.1, 0.15) is 0 Å². The van der Waals surface area contributed by atoms with Crippen molar-refractivity contribution in [1.82, 2.24) is 9.78 Å². The average Bonchev–Trinajstić information content (AvgIpc) is 2.92. The minimum atomic E-state index is -0.189. The molecule has 0 aliphatic carbocycles. The normalized spacial score (nSPS) is 10.0. The van der Waals surface area contributed by atoms with Crippen molar-refractivity contribution in [2.75, 3.05) is 19.0 Å². The number of carbonyl (C=O) groups excluding carboxylic acids is 1. The quantitative estimate of drug-likeness (QED) is 0.850. The van der Waals surface area contributed by atoms with Crippen LogP contribution in [-0.2, 0) is 17.8 Å². The summed E-state index contributed by atoms with van der Waals surface area (Å²) in [6.07, 6.45) is 1.80. The highest BCUT2D eigenvalue weighted by Gasteiger charge is 2.07. The van der Waals surface area contributed by atoms with Crippen molar-refractivity contribution < 1.29 is 9.53 Å². The molecule has 1 heterocycles. The van der Waals surface area contributed by atoms with E-state index in [2.05, 4.69) is 10.4 Å². The number of rotatable bonds is 6. The first kappa shape index (κ1) is 17.2. The van der Waals surface area contributed by atoms with E-state index in [1.54, 1.807) is 36.2 Å². The fourth-order valence-corrected chi connectivity index (χ4v) is 1.72. The van der Waals surface area contributed by atoms with E-state index in [1.165, 1.54) is 0 Å². The van der Waals surface area contributed by atoms with Gasteiger partial charge >= 0.3 is 0 Å². The van der Waals surface area contributed by atoms with Crippen LogP contribution in [0.25, 0.3) is 0 Å². The van der Waals surface area contributed by atoms with E-state index < -0.39 is 0 Å². The van der Waals surface area contributed by atoms with Crippen LogP contribution in [-0.4, -0.2) is 29.4 Å². The Labute approximate surface area is 129 Å². The molecule has 0 saturated heterocycles. The van der Waals surface area contributed by atoms with Gasteiger partial charge in [0.05, 0.1) is 13.2 Å². The predicted octanol–water partition coefficient (Wildman–Crippen LogP) is 1.66. The molecule has 2 aromatic rings. The molecule has 0 spiro atoms. The summed E-state index contributed by atoms with van der Waals surface area (Å²) in [4.78, 5) is 12.0. The monoisotopic (exact) mass is 310 g/mol. The van der Waals surface area contributed by atoms with Crippen molar-refractivity contribution in [3.63, 3.8) is 0 Å². The molecule has 114 valence electrons. The molecule has 0 bridgehead atoms. The van der Waals surface area contributed by atoms with Gasteiger partial charge in [0.2, 0.25) is 0 Å². The molecule has 21 heavy (non-hydrogen) atoms. The van der Waals surface area contributed by atoms with Gasteiger partial charge in [-0.2, -0.15) is 5.10 Å². The Morgan fingerprint density at radius 1 is 1.33 bits per heavy atom. The second kappa shape index (κ2) is 8.41. The van der Waals surface area contributed by atoms with Crippen LogP contribution in [0.2, 0.25) is 0 Å². The standard InChI is InChI=1S/C14H18N4O2.ClH/c1-20-9-8-18-7-6-13(17-18)16-14(19)12-4-2-11(10-15)3-5-12;/h2-7H,8-10,15H2,1H3,(H,16,17,19);1H. The Bertz CT molecular complexity index is 569. The van der Waals surface area contributed by atoms with Gasteiger partial charge in [0.25, 0.3) is 5.91 Å². The van der Waals surface area contributed by atoms with Gasteiger partial charge < -0.3 is 15.8 Å². The predicted molar refractivity (Wildman–Crippen MR) is 83.6 cm³/mol. The van der Waals surface area contributed by atoms with Crippen LogP contribution in [0.1, 0.15) is 15.9 Å². The number of carbonyl (C=O) groups is 1. The van der Waals surface area contributed by atoms with Gasteiger partial charge in [-0.05, 0) is 17.7 Å². The molecule has 2 rings (SSSR count). The number of hydrogen-bond donors (Lipinski definition) is 2. The summed E-state index contributed by atoms with van der Waals surface area (Å²) in [6.45, 7) is 1.69. The molecule has 0 unspecified atom stereocenters. The number of amides is 1. The summed E-state index contributed by atoms with van der Waals surface area (Å²) < 4.78 is 6.69. The summed E-state index contributed by atoms with van der Waals surface area (Å²) in [6, 6.07) is 8.93. The summed E-state index contributed by atoms with van der Waals surface area (Å²) in [5, 5.41) is 6.98. The molecule has 1 amide bonds. The maximum absolute atomic E-state index is 12.0. The lowest BCUT2D eigenvalue weighted by Gasteiger charge is -2.03. The van der Waals surface area contributed by atoms with Crippen LogP contribution in [0.5, 0.6) is 0 Å². The lowest BCUT2D eigenvalue weighted by molar-refractivity contribution is 0.102. The second-order valence-electron chi connectivity index (χ2n) is 4.31. The third-order valence-corrected chi connectivity index (χ3v) is 2.86. The average molecular weight is 311 g/mol. The SMILES string of the molecule is COCCn1ccc(NC(=O)c2ccc(CN)cc2)n1.Cl. The Morgan fingerprint density at radius 3 is 2.67 bits per heavy atom. The van der Waals surface area contributed by atoms with Gasteiger partial charge in [-0.25, -0.2) is 0 Å². The zero-order valence-electron chi connectivity index (χ0n) is 11.8. The Kier molecular flexibility index (Phi) is 6.87. The molecule has 3 N–H and O–H groups in total. The molecule has 0 atom stereocenters. The van der Waals surface area contributed by atoms with Crippen LogP contribution in [0.4, 0.5) is 5.82 Å². The van der Waals surface area contributed by atoms with Crippen LogP contribution in [0, 0.1) is 0 Å². The molecule has 0 radical (unpaired) electrons. The van der Waals surface area contributed by atoms with E-state index in [9.17, 15) is 4.79 Å². The molecular weight excluding hydrogens is 292 g/mol. The van der Waals surface area contributed by atoms with Crippen LogP contribution < -0.4 is 11.1 Å². The van der Waals surface area contributed by atoms with Crippen molar-refractivity contribution in [2.45, 2.75) is 13.1 Å². The number of halogens is 1. The van der Waals surface area contributed by atoms with Gasteiger partial charge in [0, 0.05) is 31.5 Å². The lowest BCUT2D eigenvalue weighted by Crippen LogP contribution is -2.13. The van der Waals surface area contributed by atoms with Crippen molar-refractivity contribution in [3.8, 4) is 0 Å². The second-order valence-corrected chi connectivity index (χ2v) is 4.31. The smallest absolute Gasteiger partial charge is 0.256 e. The van der Waals surface area contributed by atoms with E-state index in [-0.39, 0.29) is 18.3 Å². The van der Waals surface area contributed by atoms with E-state index in [4.69, 9.17) is 10.5 Å². The number of nitrogens with zero attached hydrogens (tertiary/aromatic N) is 2.